The molecule has 0 fully saturated rings. The lowest BCUT2D eigenvalue weighted by Gasteiger charge is -2.14. The number of rotatable bonds is 4. The summed E-state index contributed by atoms with van der Waals surface area (Å²) in [6, 6.07) is 0.183. The van der Waals surface area contributed by atoms with E-state index in [0.717, 1.165) is 12.2 Å². The smallest absolute Gasteiger partial charge is 0.225 e. The van der Waals surface area contributed by atoms with Gasteiger partial charge in [-0.1, -0.05) is 6.92 Å². The molecule has 1 atom stereocenters. The molecular formula is C8H14ClN3O. The van der Waals surface area contributed by atoms with Gasteiger partial charge in [0.1, 0.15) is 5.82 Å². The molecule has 13 heavy (non-hydrogen) atoms. The first-order chi connectivity index (χ1) is 6.20. The predicted molar refractivity (Wildman–Crippen MR) is 51.0 cm³/mol. The number of hydrogen-bond donors (Lipinski definition) is 0. The zero-order valence-corrected chi connectivity index (χ0v) is 8.88. The second-order valence-corrected chi connectivity index (χ2v) is 3.25. The van der Waals surface area contributed by atoms with Crippen molar-refractivity contribution in [2.24, 2.45) is 0 Å². The van der Waals surface area contributed by atoms with Gasteiger partial charge < -0.3 is 4.74 Å². The van der Waals surface area contributed by atoms with Gasteiger partial charge >= 0.3 is 0 Å². The maximum Gasteiger partial charge on any atom is 0.225 e. The normalized spacial score (nSPS) is 13.2. The van der Waals surface area contributed by atoms with Crippen molar-refractivity contribution in [3.05, 3.63) is 11.1 Å². The fraction of sp³-hybridized carbons (Fsp3) is 0.750. The van der Waals surface area contributed by atoms with Gasteiger partial charge in [0.2, 0.25) is 5.28 Å². The second kappa shape index (κ2) is 4.58. The highest BCUT2D eigenvalue weighted by Crippen LogP contribution is 2.16. The molecule has 0 aliphatic rings. The number of aromatic nitrogens is 3. The molecule has 4 nitrogen and oxygen atoms in total. The molecule has 0 spiro atoms. The lowest BCUT2D eigenvalue weighted by Crippen LogP contribution is -2.14. The molecule has 0 aliphatic heterocycles. The van der Waals surface area contributed by atoms with Crippen LogP contribution in [0.1, 0.15) is 25.7 Å². The van der Waals surface area contributed by atoms with E-state index >= 15 is 0 Å². The van der Waals surface area contributed by atoms with Crippen molar-refractivity contribution < 1.29 is 4.74 Å². The van der Waals surface area contributed by atoms with Crippen molar-refractivity contribution in [1.82, 2.24) is 14.8 Å². The molecular weight excluding hydrogens is 190 g/mol. The maximum absolute atomic E-state index is 5.89. The Balaban J connectivity index is 2.89. The first-order valence-corrected chi connectivity index (χ1v) is 4.66. The van der Waals surface area contributed by atoms with Gasteiger partial charge in [0.05, 0.1) is 12.6 Å². The lowest BCUT2D eigenvalue weighted by atomic mass is 10.3. The van der Waals surface area contributed by atoms with Crippen LogP contribution in [0.4, 0.5) is 0 Å². The van der Waals surface area contributed by atoms with E-state index in [0.29, 0.717) is 11.9 Å². The molecule has 0 aliphatic carbocycles. The Hall–Kier alpha value is -0.610. The Bertz CT molecular complexity index is 274. The van der Waals surface area contributed by atoms with Gasteiger partial charge in [-0.25, -0.2) is 0 Å². The van der Waals surface area contributed by atoms with E-state index in [4.69, 9.17) is 16.3 Å². The Morgan fingerprint density at radius 2 is 2.23 bits per heavy atom. The second-order valence-electron chi connectivity index (χ2n) is 2.91. The minimum atomic E-state index is 0.183. The highest BCUT2D eigenvalue weighted by atomic mass is 35.5. The van der Waals surface area contributed by atoms with Crippen LogP contribution in [0, 0.1) is 0 Å². The van der Waals surface area contributed by atoms with Gasteiger partial charge in [0.15, 0.2) is 0 Å². The fourth-order valence-corrected chi connectivity index (χ4v) is 1.60. The Kier molecular flexibility index (Phi) is 3.69. The highest BCUT2D eigenvalue weighted by Gasteiger charge is 2.14. The topological polar surface area (TPSA) is 39.9 Å². The zero-order valence-electron chi connectivity index (χ0n) is 8.12. The number of nitrogens with zero attached hydrogens (tertiary/aromatic N) is 3. The van der Waals surface area contributed by atoms with Crippen LogP contribution in [0.15, 0.2) is 0 Å². The standard InChI is InChI=1S/C8H14ClN3O/c1-4-7-10-11-8(9)12(7)6(2)5-13-3/h6H,4-5H2,1-3H3. The van der Waals surface area contributed by atoms with Crippen LogP contribution < -0.4 is 0 Å². The van der Waals surface area contributed by atoms with Crippen LogP contribution in [-0.2, 0) is 11.2 Å². The maximum atomic E-state index is 5.89. The zero-order chi connectivity index (χ0) is 9.84. The minimum Gasteiger partial charge on any atom is -0.383 e. The highest BCUT2D eigenvalue weighted by molar-refractivity contribution is 6.28. The minimum absolute atomic E-state index is 0.183. The molecule has 0 radical (unpaired) electrons. The van der Waals surface area contributed by atoms with Gasteiger partial charge in [0, 0.05) is 13.5 Å². The van der Waals surface area contributed by atoms with Gasteiger partial charge in [0.25, 0.3) is 0 Å². The molecule has 0 amide bonds. The van der Waals surface area contributed by atoms with E-state index in [1.54, 1.807) is 7.11 Å². The quantitative estimate of drug-likeness (QED) is 0.748. The Labute approximate surface area is 82.9 Å². The molecule has 74 valence electrons. The number of methoxy groups -OCH3 is 1. The van der Waals surface area contributed by atoms with Gasteiger partial charge in [-0.15, -0.1) is 10.2 Å². The summed E-state index contributed by atoms with van der Waals surface area (Å²) in [5.74, 6) is 0.898. The monoisotopic (exact) mass is 203 g/mol. The van der Waals surface area contributed by atoms with Crippen molar-refractivity contribution in [3.63, 3.8) is 0 Å². The molecule has 0 saturated carbocycles. The summed E-state index contributed by atoms with van der Waals surface area (Å²) in [6.07, 6.45) is 0.827. The summed E-state index contributed by atoms with van der Waals surface area (Å²) in [7, 11) is 1.67. The SMILES string of the molecule is CCc1nnc(Cl)n1C(C)COC. The summed E-state index contributed by atoms with van der Waals surface area (Å²) in [6.45, 7) is 4.67. The third-order valence-corrected chi connectivity index (χ3v) is 2.15. The van der Waals surface area contributed by atoms with Gasteiger partial charge in [-0.05, 0) is 18.5 Å². The predicted octanol–water partition coefficient (Wildman–Crippen LogP) is 1.70. The van der Waals surface area contributed by atoms with E-state index in [1.807, 2.05) is 18.4 Å². The first kappa shape index (κ1) is 10.5. The molecule has 0 saturated heterocycles. The van der Waals surface area contributed by atoms with Crippen LogP contribution in [0.2, 0.25) is 5.28 Å². The summed E-state index contributed by atoms with van der Waals surface area (Å²) in [5, 5.41) is 8.21. The molecule has 1 aromatic rings. The number of aryl methyl sites for hydroxylation is 1. The molecule has 5 heteroatoms. The average Bonchev–Trinajstić information content (AvgIpc) is 2.47. The van der Waals surface area contributed by atoms with E-state index in [9.17, 15) is 0 Å². The van der Waals surface area contributed by atoms with Crippen molar-refractivity contribution in [1.29, 1.82) is 0 Å². The third kappa shape index (κ3) is 2.19. The third-order valence-electron chi connectivity index (χ3n) is 1.89. The van der Waals surface area contributed by atoms with Crippen molar-refractivity contribution in [2.45, 2.75) is 26.3 Å². The van der Waals surface area contributed by atoms with Crippen molar-refractivity contribution in [3.8, 4) is 0 Å². The lowest BCUT2D eigenvalue weighted by molar-refractivity contribution is 0.161. The molecule has 1 aromatic heterocycles. The van der Waals surface area contributed by atoms with Crippen molar-refractivity contribution in [2.75, 3.05) is 13.7 Å². The van der Waals surface area contributed by atoms with Crippen LogP contribution in [-0.4, -0.2) is 28.5 Å². The van der Waals surface area contributed by atoms with Crippen LogP contribution in [0.5, 0.6) is 0 Å². The molecule has 1 rings (SSSR count). The van der Waals surface area contributed by atoms with E-state index in [1.165, 1.54) is 0 Å². The van der Waals surface area contributed by atoms with Crippen LogP contribution in [0.3, 0.4) is 0 Å². The first-order valence-electron chi connectivity index (χ1n) is 4.28. The molecule has 0 aromatic carbocycles. The van der Waals surface area contributed by atoms with Gasteiger partial charge in [-0.3, -0.25) is 4.57 Å². The average molecular weight is 204 g/mol. The number of halogens is 1. The number of hydrogen-bond acceptors (Lipinski definition) is 3. The molecule has 0 N–H and O–H groups in total. The molecule has 0 bridgehead atoms. The van der Waals surface area contributed by atoms with Crippen molar-refractivity contribution >= 4 is 11.6 Å². The summed E-state index contributed by atoms with van der Waals surface area (Å²) in [5.41, 5.74) is 0. The summed E-state index contributed by atoms with van der Waals surface area (Å²) < 4.78 is 6.94. The Morgan fingerprint density at radius 3 is 2.77 bits per heavy atom. The number of ether oxygens (including phenoxy) is 1. The van der Waals surface area contributed by atoms with E-state index in [2.05, 4.69) is 10.2 Å². The van der Waals surface area contributed by atoms with E-state index < -0.39 is 0 Å². The molecule has 1 unspecified atom stereocenters. The molecule has 1 heterocycles. The summed E-state index contributed by atoms with van der Waals surface area (Å²) in [4.78, 5) is 0. The van der Waals surface area contributed by atoms with Gasteiger partial charge in [-0.2, -0.15) is 0 Å². The van der Waals surface area contributed by atoms with Crippen LogP contribution >= 0.6 is 11.6 Å². The Morgan fingerprint density at radius 1 is 1.54 bits per heavy atom. The van der Waals surface area contributed by atoms with Crippen LogP contribution in [0.25, 0.3) is 0 Å². The summed E-state index contributed by atoms with van der Waals surface area (Å²) >= 11 is 5.89. The fourth-order valence-electron chi connectivity index (χ4n) is 1.29. The largest absolute Gasteiger partial charge is 0.383 e. The van der Waals surface area contributed by atoms with E-state index in [-0.39, 0.29) is 6.04 Å².